The van der Waals surface area contributed by atoms with Crippen LogP contribution in [0.2, 0.25) is 0 Å². The second-order valence-electron chi connectivity index (χ2n) is 6.96. The maximum Gasteiger partial charge on any atom is 0.290 e. The van der Waals surface area contributed by atoms with Crippen molar-refractivity contribution >= 4 is 23.0 Å². The van der Waals surface area contributed by atoms with Crippen molar-refractivity contribution < 1.29 is 19.1 Å². The molecule has 1 aliphatic rings. The van der Waals surface area contributed by atoms with E-state index in [4.69, 9.17) is 0 Å². The molecule has 4 rings (SSSR count). The molecule has 0 saturated heterocycles. The number of halogens is 1. The van der Waals surface area contributed by atoms with Crippen LogP contribution in [-0.4, -0.2) is 31.7 Å². The third kappa shape index (κ3) is 3.50. The minimum atomic E-state index is -0.863. The number of aryl methyl sites for hydroxylation is 2. The third-order valence-corrected chi connectivity index (χ3v) is 5.96. The third-order valence-electron chi connectivity index (χ3n) is 4.89. The lowest BCUT2D eigenvalue weighted by molar-refractivity contribution is -0.130. The van der Waals surface area contributed by atoms with Gasteiger partial charge >= 0.3 is 0 Å². The summed E-state index contributed by atoms with van der Waals surface area (Å²) in [5.41, 5.74) is 1.65. The first-order valence-electron chi connectivity index (χ1n) is 9.25. The van der Waals surface area contributed by atoms with Gasteiger partial charge in [0.05, 0.1) is 26.8 Å². The fourth-order valence-electron chi connectivity index (χ4n) is 3.54. The molecule has 0 spiro atoms. The number of aliphatic hydroxyl groups is 1. The molecular weight excluding hydrogens is 405 g/mol. The zero-order valence-corrected chi connectivity index (χ0v) is 17.1. The van der Waals surface area contributed by atoms with Crippen LogP contribution in [0, 0.1) is 19.7 Å². The molecule has 152 valence electrons. The highest BCUT2D eigenvalue weighted by Crippen LogP contribution is 2.40. The number of ketones is 1. The van der Waals surface area contributed by atoms with Gasteiger partial charge in [-0.05, 0) is 43.7 Å². The number of hydrogen-bond donors (Lipinski definition) is 1. The molecule has 0 fully saturated rings. The van der Waals surface area contributed by atoms with E-state index in [0.29, 0.717) is 21.8 Å². The average molecular weight is 423 g/mol. The molecule has 3 aromatic rings. The second-order valence-corrected chi connectivity index (χ2v) is 8.16. The molecule has 0 aliphatic carbocycles. The molecule has 8 heteroatoms. The van der Waals surface area contributed by atoms with Crippen molar-refractivity contribution in [3.63, 3.8) is 0 Å². The van der Waals surface area contributed by atoms with Gasteiger partial charge in [-0.3, -0.25) is 14.6 Å². The van der Waals surface area contributed by atoms with Crippen LogP contribution in [0.4, 0.5) is 4.39 Å². The molecule has 1 unspecified atom stereocenters. The summed E-state index contributed by atoms with van der Waals surface area (Å²) in [6, 6.07) is 10.0. The molecule has 3 heterocycles. The van der Waals surface area contributed by atoms with Crippen LogP contribution < -0.4 is 0 Å². The molecule has 1 N–H and O–H groups in total. The fraction of sp³-hybridized carbons (Fsp3) is 0.182. The van der Waals surface area contributed by atoms with E-state index in [2.05, 4.69) is 9.97 Å². The van der Waals surface area contributed by atoms with E-state index in [-0.39, 0.29) is 17.9 Å². The molecule has 1 atom stereocenters. The van der Waals surface area contributed by atoms with Crippen molar-refractivity contribution in [3.8, 4) is 0 Å². The van der Waals surface area contributed by atoms with Crippen LogP contribution in [0.1, 0.15) is 37.7 Å². The number of hydrogen-bond acceptors (Lipinski definition) is 6. The summed E-state index contributed by atoms with van der Waals surface area (Å²) in [4.78, 5) is 36.7. The molecule has 0 radical (unpaired) electrons. The summed E-state index contributed by atoms with van der Waals surface area (Å²) in [7, 11) is 0. The number of amides is 1. The summed E-state index contributed by atoms with van der Waals surface area (Å²) in [5.74, 6) is -2.10. The van der Waals surface area contributed by atoms with Crippen LogP contribution in [0.25, 0.3) is 0 Å². The van der Waals surface area contributed by atoms with Crippen LogP contribution in [0.15, 0.2) is 60.0 Å². The van der Waals surface area contributed by atoms with Gasteiger partial charge in [0.15, 0.2) is 5.76 Å². The maximum absolute atomic E-state index is 13.4. The minimum absolute atomic E-state index is 0.0208. The first-order valence-corrected chi connectivity index (χ1v) is 10.1. The number of Topliss-reactive ketones (excluding diaryl/α,β-unsaturated/α-hetero) is 1. The predicted molar refractivity (Wildman–Crippen MR) is 110 cm³/mol. The molecule has 1 aliphatic heterocycles. The van der Waals surface area contributed by atoms with Crippen molar-refractivity contribution in [2.24, 2.45) is 0 Å². The molecule has 30 heavy (non-hydrogen) atoms. The van der Waals surface area contributed by atoms with Crippen molar-refractivity contribution in [1.29, 1.82) is 0 Å². The molecule has 6 nitrogen and oxygen atoms in total. The normalized spacial score (nSPS) is 16.4. The number of pyridine rings is 1. The zero-order chi connectivity index (χ0) is 21.4. The SMILES string of the molecule is Cc1nc(C)c(C(=O)C2=C(O)C(=O)N(Cc3ccc(F)cc3)C2c2ccccn2)s1. The quantitative estimate of drug-likeness (QED) is 0.626. The van der Waals surface area contributed by atoms with Crippen LogP contribution in [-0.2, 0) is 11.3 Å². The molecule has 0 bridgehead atoms. The van der Waals surface area contributed by atoms with Crippen LogP contribution in [0.3, 0.4) is 0 Å². The highest BCUT2D eigenvalue weighted by Gasteiger charge is 2.45. The fourth-order valence-corrected chi connectivity index (χ4v) is 4.42. The first-order chi connectivity index (χ1) is 14.4. The second kappa shape index (κ2) is 7.79. The van der Waals surface area contributed by atoms with E-state index in [1.54, 1.807) is 50.4 Å². The van der Waals surface area contributed by atoms with Crippen LogP contribution >= 0.6 is 11.3 Å². The highest BCUT2D eigenvalue weighted by molar-refractivity contribution is 7.14. The van der Waals surface area contributed by atoms with Crippen molar-refractivity contribution in [1.82, 2.24) is 14.9 Å². The largest absolute Gasteiger partial charge is 0.503 e. The van der Waals surface area contributed by atoms with Gasteiger partial charge in [0.25, 0.3) is 5.91 Å². The Hall–Kier alpha value is -3.39. The highest BCUT2D eigenvalue weighted by atomic mass is 32.1. The van der Waals surface area contributed by atoms with Gasteiger partial charge in [-0.1, -0.05) is 18.2 Å². The monoisotopic (exact) mass is 423 g/mol. The van der Waals surface area contributed by atoms with Gasteiger partial charge in [-0.25, -0.2) is 9.37 Å². The molecular formula is C22H18FN3O3S. The van der Waals surface area contributed by atoms with E-state index >= 15 is 0 Å². The summed E-state index contributed by atoms with van der Waals surface area (Å²) < 4.78 is 13.3. The van der Waals surface area contributed by atoms with Gasteiger partial charge in [-0.15, -0.1) is 11.3 Å². The Bertz CT molecular complexity index is 1160. The molecule has 1 aromatic carbocycles. The van der Waals surface area contributed by atoms with Gasteiger partial charge < -0.3 is 10.0 Å². The van der Waals surface area contributed by atoms with Gasteiger partial charge in [0.2, 0.25) is 5.78 Å². The average Bonchev–Trinajstić information content (AvgIpc) is 3.20. The predicted octanol–water partition coefficient (Wildman–Crippen LogP) is 4.07. The number of aromatic nitrogens is 2. The lowest BCUT2D eigenvalue weighted by Gasteiger charge is -2.26. The summed E-state index contributed by atoms with van der Waals surface area (Å²) in [6.45, 7) is 3.60. The van der Waals surface area contributed by atoms with Crippen molar-refractivity contribution in [2.45, 2.75) is 26.4 Å². The van der Waals surface area contributed by atoms with Crippen molar-refractivity contribution in [3.05, 3.63) is 92.6 Å². The Morgan fingerprint density at radius 2 is 1.93 bits per heavy atom. The lowest BCUT2D eigenvalue weighted by Crippen LogP contribution is -2.31. The molecule has 0 saturated carbocycles. The van der Waals surface area contributed by atoms with Gasteiger partial charge in [-0.2, -0.15) is 0 Å². The number of benzene rings is 1. The Morgan fingerprint density at radius 1 is 1.20 bits per heavy atom. The van der Waals surface area contributed by atoms with E-state index in [1.165, 1.54) is 28.4 Å². The van der Waals surface area contributed by atoms with E-state index in [1.807, 2.05) is 0 Å². The number of nitrogens with zero attached hydrogens (tertiary/aromatic N) is 3. The smallest absolute Gasteiger partial charge is 0.290 e. The number of carbonyl (C=O) groups excluding carboxylic acids is 2. The van der Waals surface area contributed by atoms with Crippen LogP contribution in [0.5, 0.6) is 0 Å². The number of rotatable bonds is 5. The maximum atomic E-state index is 13.4. The Kier molecular flexibility index (Phi) is 5.17. The molecule has 1 amide bonds. The topological polar surface area (TPSA) is 83.4 Å². The van der Waals surface area contributed by atoms with Gasteiger partial charge in [0.1, 0.15) is 11.9 Å². The van der Waals surface area contributed by atoms with Crippen molar-refractivity contribution in [2.75, 3.05) is 0 Å². The lowest BCUT2D eigenvalue weighted by atomic mass is 9.98. The van der Waals surface area contributed by atoms with Gasteiger partial charge in [0, 0.05) is 12.7 Å². The number of aliphatic hydroxyl groups excluding tert-OH is 1. The minimum Gasteiger partial charge on any atom is -0.503 e. The number of thiazole rings is 1. The standard InChI is InChI=1S/C22H18FN3O3S/c1-12-21(30-13(2)25-12)19(27)17-18(16-5-3-4-10-24-16)26(22(29)20(17)28)11-14-6-8-15(23)9-7-14/h3-10,18,28H,11H2,1-2H3. The van der Waals surface area contributed by atoms with E-state index < -0.39 is 23.5 Å². The zero-order valence-electron chi connectivity index (χ0n) is 16.3. The summed E-state index contributed by atoms with van der Waals surface area (Å²) >= 11 is 1.22. The summed E-state index contributed by atoms with van der Waals surface area (Å²) in [5, 5.41) is 11.4. The Balaban J connectivity index is 1.79. The molecule has 2 aromatic heterocycles. The first kappa shape index (κ1) is 19.9. The Morgan fingerprint density at radius 3 is 2.53 bits per heavy atom. The summed E-state index contributed by atoms with van der Waals surface area (Å²) in [6.07, 6.45) is 1.56. The Labute approximate surface area is 176 Å². The number of carbonyl (C=O) groups is 2. The van der Waals surface area contributed by atoms with E-state index in [9.17, 15) is 19.1 Å². The van der Waals surface area contributed by atoms with E-state index in [0.717, 1.165) is 5.01 Å².